The van der Waals surface area contributed by atoms with Crippen LogP contribution in [0.4, 0.5) is 0 Å². The Balaban J connectivity index is 1.74. The third kappa shape index (κ3) is 5.26. The van der Waals surface area contributed by atoms with Gasteiger partial charge >= 0.3 is 5.97 Å². The van der Waals surface area contributed by atoms with E-state index >= 15 is 0 Å². The molecule has 0 atom stereocenters. The van der Waals surface area contributed by atoms with E-state index in [4.69, 9.17) is 18.6 Å². The van der Waals surface area contributed by atoms with E-state index < -0.39 is 5.97 Å². The number of carbonyl (C=O) groups is 2. The molecule has 30 heavy (non-hydrogen) atoms. The number of para-hydroxylation sites is 1. The first-order valence-electron chi connectivity index (χ1n) is 9.07. The Morgan fingerprint density at radius 3 is 2.37 bits per heavy atom. The van der Waals surface area contributed by atoms with Gasteiger partial charge in [-0.3, -0.25) is 4.79 Å². The number of ketones is 1. The summed E-state index contributed by atoms with van der Waals surface area (Å²) in [6.45, 7) is 0. The van der Waals surface area contributed by atoms with Gasteiger partial charge in [0, 0.05) is 6.08 Å². The maximum absolute atomic E-state index is 12.7. The number of hydrogen-bond donors (Lipinski definition) is 0. The Morgan fingerprint density at radius 1 is 0.833 bits per heavy atom. The molecule has 3 rings (SSSR count). The van der Waals surface area contributed by atoms with Gasteiger partial charge in [0.25, 0.3) is 0 Å². The minimum Gasteiger partial charge on any atom is -0.493 e. The molecule has 0 aliphatic heterocycles. The standard InChI is InChI=1S/C24H20O6/c1-27-22-13-10-17(16-23(22)28-2)9-12-20(25)19-7-3-4-8-21(19)30-24(26)14-11-18-6-5-15-29-18/h3-16H,1-2H3/b12-9+,14-11+. The molecule has 0 N–H and O–H groups in total. The van der Waals surface area contributed by atoms with E-state index in [2.05, 4.69) is 0 Å². The zero-order valence-corrected chi connectivity index (χ0v) is 16.5. The van der Waals surface area contributed by atoms with Crippen molar-refractivity contribution in [3.05, 3.63) is 89.9 Å². The van der Waals surface area contributed by atoms with E-state index in [0.717, 1.165) is 5.56 Å². The molecule has 3 aromatic rings. The quantitative estimate of drug-likeness (QED) is 0.232. The van der Waals surface area contributed by atoms with Crippen molar-refractivity contribution < 1.29 is 28.2 Å². The van der Waals surface area contributed by atoms with Gasteiger partial charge in [-0.05, 0) is 54.1 Å². The molecule has 0 unspecified atom stereocenters. The highest BCUT2D eigenvalue weighted by Gasteiger charge is 2.12. The van der Waals surface area contributed by atoms with Crippen molar-refractivity contribution in [1.82, 2.24) is 0 Å². The van der Waals surface area contributed by atoms with E-state index in [1.165, 1.54) is 24.5 Å². The van der Waals surface area contributed by atoms with Gasteiger partial charge < -0.3 is 18.6 Å². The average molecular weight is 404 g/mol. The molecule has 2 aromatic carbocycles. The lowest BCUT2D eigenvalue weighted by Gasteiger charge is -2.08. The van der Waals surface area contributed by atoms with E-state index in [-0.39, 0.29) is 17.1 Å². The molecule has 1 heterocycles. The van der Waals surface area contributed by atoms with Crippen LogP contribution in [-0.4, -0.2) is 26.0 Å². The fraction of sp³-hybridized carbons (Fsp3) is 0.0833. The predicted octanol–water partition coefficient (Wildman–Crippen LogP) is 4.81. The number of methoxy groups -OCH3 is 2. The van der Waals surface area contributed by atoms with Gasteiger partial charge in [-0.25, -0.2) is 4.79 Å². The summed E-state index contributed by atoms with van der Waals surface area (Å²) in [6, 6.07) is 15.3. The largest absolute Gasteiger partial charge is 0.493 e. The summed E-state index contributed by atoms with van der Waals surface area (Å²) in [5.41, 5.74) is 1.03. The number of carbonyl (C=O) groups excluding carboxylic acids is 2. The molecule has 0 aliphatic carbocycles. The zero-order valence-electron chi connectivity index (χ0n) is 16.5. The van der Waals surface area contributed by atoms with Crippen LogP contribution in [0.3, 0.4) is 0 Å². The van der Waals surface area contributed by atoms with Crippen LogP contribution in [0.15, 0.2) is 77.4 Å². The number of benzene rings is 2. The van der Waals surface area contributed by atoms with Crippen LogP contribution in [0.5, 0.6) is 17.2 Å². The van der Waals surface area contributed by atoms with E-state index in [0.29, 0.717) is 17.3 Å². The van der Waals surface area contributed by atoms with Crippen molar-refractivity contribution in [2.24, 2.45) is 0 Å². The molecule has 0 saturated carbocycles. The molecule has 0 amide bonds. The monoisotopic (exact) mass is 404 g/mol. The minimum atomic E-state index is -0.615. The van der Waals surface area contributed by atoms with Crippen molar-refractivity contribution in [3.63, 3.8) is 0 Å². The Hall–Kier alpha value is -4.06. The number of furan rings is 1. The van der Waals surface area contributed by atoms with Gasteiger partial charge in [0.05, 0.1) is 26.0 Å². The zero-order chi connectivity index (χ0) is 21.3. The van der Waals surface area contributed by atoms with Gasteiger partial charge in [-0.15, -0.1) is 0 Å². The maximum Gasteiger partial charge on any atom is 0.336 e. The van der Waals surface area contributed by atoms with Gasteiger partial charge in [0.2, 0.25) is 0 Å². The molecule has 1 aromatic heterocycles. The summed E-state index contributed by atoms with van der Waals surface area (Å²) in [5.74, 6) is 0.937. The molecule has 0 saturated heterocycles. The highest BCUT2D eigenvalue weighted by Crippen LogP contribution is 2.28. The Bertz CT molecular complexity index is 1080. The summed E-state index contributed by atoms with van der Waals surface area (Å²) < 4.78 is 20.9. The molecule has 6 nitrogen and oxygen atoms in total. The molecule has 0 aliphatic rings. The Kier molecular flexibility index (Phi) is 6.84. The van der Waals surface area contributed by atoms with Gasteiger partial charge in [-0.2, -0.15) is 0 Å². The lowest BCUT2D eigenvalue weighted by Crippen LogP contribution is -2.07. The second-order valence-electron chi connectivity index (χ2n) is 6.08. The van der Waals surface area contributed by atoms with Crippen LogP contribution in [0.2, 0.25) is 0 Å². The fourth-order valence-corrected chi connectivity index (χ4v) is 2.66. The lowest BCUT2D eigenvalue weighted by molar-refractivity contribution is -0.128. The number of rotatable bonds is 8. The summed E-state index contributed by atoms with van der Waals surface area (Å²) in [4.78, 5) is 24.8. The minimum absolute atomic E-state index is 0.175. The molecular weight excluding hydrogens is 384 g/mol. The summed E-state index contributed by atoms with van der Waals surface area (Å²) in [5, 5.41) is 0. The Morgan fingerprint density at radius 2 is 1.63 bits per heavy atom. The molecular formula is C24H20O6. The van der Waals surface area contributed by atoms with E-state index in [1.807, 2.05) is 0 Å². The molecule has 0 bridgehead atoms. The number of ether oxygens (including phenoxy) is 3. The highest BCUT2D eigenvalue weighted by molar-refractivity contribution is 6.09. The van der Waals surface area contributed by atoms with Crippen LogP contribution >= 0.6 is 0 Å². The van der Waals surface area contributed by atoms with Crippen LogP contribution in [0, 0.1) is 0 Å². The first-order valence-corrected chi connectivity index (χ1v) is 9.07. The fourth-order valence-electron chi connectivity index (χ4n) is 2.66. The van der Waals surface area contributed by atoms with Crippen molar-refractivity contribution in [3.8, 4) is 17.2 Å². The lowest BCUT2D eigenvalue weighted by atomic mass is 10.1. The number of esters is 1. The third-order valence-corrected chi connectivity index (χ3v) is 4.12. The van der Waals surface area contributed by atoms with Gasteiger partial charge in [0.1, 0.15) is 11.5 Å². The van der Waals surface area contributed by atoms with Crippen LogP contribution in [0.25, 0.3) is 12.2 Å². The summed E-state index contributed by atoms with van der Waals surface area (Å²) in [6.07, 6.45) is 7.29. The third-order valence-electron chi connectivity index (χ3n) is 4.12. The topological polar surface area (TPSA) is 75.0 Å². The van der Waals surface area contributed by atoms with E-state index in [1.54, 1.807) is 74.9 Å². The van der Waals surface area contributed by atoms with Crippen molar-refractivity contribution >= 4 is 23.9 Å². The molecule has 6 heteroatoms. The molecule has 0 radical (unpaired) electrons. The maximum atomic E-state index is 12.7. The van der Waals surface area contributed by atoms with Gasteiger partial charge in [0.15, 0.2) is 17.3 Å². The summed E-state index contributed by atoms with van der Waals surface area (Å²) in [7, 11) is 3.10. The van der Waals surface area contributed by atoms with Crippen molar-refractivity contribution in [2.45, 2.75) is 0 Å². The molecule has 152 valence electrons. The predicted molar refractivity (Wildman–Crippen MR) is 113 cm³/mol. The van der Waals surface area contributed by atoms with Gasteiger partial charge in [-0.1, -0.05) is 24.3 Å². The number of hydrogen-bond acceptors (Lipinski definition) is 6. The van der Waals surface area contributed by atoms with Crippen LogP contribution in [0.1, 0.15) is 21.7 Å². The van der Waals surface area contributed by atoms with Crippen LogP contribution in [-0.2, 0) is 4.79 Å². The first-order chi connectivity index (χ1) is 14.6. The normalized spacial score (nSPS) is 11.0. The second kappa shape index (κ2) is 9.93. The second-order valence-corrected chi connectivity index (χ2v) is 6.08. The van der Waals surface area contributed by atoms with Crippen LogP contribution < -0.4 is 14.2 Å². The van der Waals surface area contributed by atoms with Crippen molar-refractivity contribution in [2.75, 3.05) is 14.2 Å². The average Bonchev–Trinajstić information content (AvgIpc) is 3.30. The molecule has 0 spiro atoms. The highest BCUT2D eigenvalue weighted by atomic mass is 16.5. The smallest absolute Gasteiger partial charge is 0.336 e. The van der Waals surface area contributed by atoms with Crippen molar-refractivity contribution in [1.29, 1.82) is 0 Å². The van der Waals surface area contributed by atoms with E-state index in [9.17, 15) is 9.59 Å². The Labute approximate surface area is 174 Å². The molecule has 0 fully saturated rings. The summed E-state index contributed by atoms with van der Waals surface area (Å²) >= 11 is 0. The first kappa shape index (κ1) is 20.7. The number of allylic oxidation sites excluding steroid dienone is 1. The SMILES string of the molecule is COc1ccc(/C=C/C(=O)c2ccccc2OC(=O)/C=C/c2ccco2)cc1OC.